The summed E-state index contributed by atoms with van der Waals surface area (Å²) in [5, 5.41) is 4.06. The SMILES string of the molecule is CC1(C)CCCCC1.Nc1nc(CC(F)F)c2c(-c3ccc4nccnc4c3)ccn2n1. The van der Waals surface area contributed by atoms with E-state index < -0.39 is 12.8 Å². The Labute approximate surface area is 185 Å². The molecule has 3 aromatic heterocycles. The minimum atomic E-state index is -2.52. The lowest BCUT2D eigenvalue weighted by Crippen LogP contribution is -2.14. The van der Waals surface area contributed by atoms with E-state index >= 15 is 0 Å². The van der Waals surface area contributed by atoms with Crippen LogP contribution in [-0.4, -0.2) is 31.0 Å². The lowest BCUT2D eigenvalue weighted by molar-refractivity contribution is 0.148. The Morgan fingerprint density at radius 2 is 1.75 bits per heavy atom. The van der Waals surface area contributed by atoms with Crippen LogP contribution in [-0.2, 0) is 6.42 Å². The zero-order valence-electron chi connectivity index (χ0n) is 18.4. The van der Waals surface area contributed by atoms with E-state index in [2.05, 4.69) is 33.9 Å². The van der Waals surface area contributed by atoms with Crippen molar-refractivity contribution < 1.29 is 8.78 Å². The molecule has 4 aromatic rings. The molecule has 0 atom stereocenters. The van der Waals surface area contributed by atoms with Crippen molar-refractivity contribution in [3.63, 3.8) is 0 Å². The smallest absolute Gasteiger partial charge is 0.244 e. The monoisotopic (exact) mass is 438 g/mol. The molecule has 32 heavy (non-hydrogen) atoms. The highest BCUT2D eigenvalue weighted by atomic mass is 19.3. The molecule has 8 heteroatoms. The second kappa shape index (κ2) is 9.14. The number of hydrogen-bond donors (Lipinski definition) is 1. The van der Waals surface area contributed by atoms with Gasteiger partial charge in [0.05, 0.1) is 28.7 Å². The largest absolute Gasteiger partial charge is 0.367 e. The zero-order valence-corrected chi connectivity index (χ0v) is 18.4. The Morgan fingerprint density at radius 3 is 2.41 bits per heavy atom. The number of nitrogens with zero attached hydrogens (tertiary/aromatic N) is 5. The third-order valence-electron chi connectivity index (χ3n) is 5.93. The molecule has 1 saturated carbocycles. The van der Waals surface area contributed by atoms with E-state index in [-0.39, 0.29) is 11.6 Å². The van der Waals surface area contributed by atoms with Gasteiger partial charge in [0.1, 0.15) is 0 Å². The van der Waals surface area contributed by atoms with Crippen LogP contribution in [0.25, 0.3) is 27.7 Å². The highest BCUT2D eigenvalue weighted by Gasteiger charge is 2.20. The summed E-state index contributed by atoms with van der Waals surface area (Å²) in [6.45, 7) is 4.76. The van der Waals surface area contributed by atoms with Gasteiger partial charge in [0.2, 0.25) is 12.4 Å². The number of benzene rings is 1. The first-order valence-electron chi connectivity index (χ1n) is 11.0. The number of fused-ring (bicyclic) bond motifs is 2. The number of nitrogen functional groups attached to an aromatic ring is 1. The zero-order chi connectivity index (χ0) is 22.7. The molecule has 0 amide bonds. The molecule has 1 aliphatic rings. The van der Waals surface area contributed by atoms with E-state index in [1.54, 1.807) is 24.7 Å². The standard InChI is InChI=1S/C16H12F2N6.C8H16/c17-14(18)8-13-15-10(3-6-24(15)23-16(19)22-13)9-1-2-11-12(7-9)21-5-4-20-11;1-8(2)6-4-3-5-7-8/h1-7,14H,8H2,(H2,19,23);3-7H2,1-2H3. The number of halogens is 2. The average Bonchev–Trinajstić information content (AvgIpc) is 3.17. The van der Waals surface area contributed by atoms with E-state index in [4.69, 9.17) is 5.73 Å². The topological polar surface area (TPSA) is 82.0 Å². The van der Waals surface area contributed by atoms with Gasteiger partial charge in [0.15, 0.2) is 0 Å². The maximum atomic E-state index is 12.9. The minimum Gasteiger partial charge on any atom is -0.367 e. The van der Waals surface area contributed by atoms with E-state index in [0.717, 1.165) is 22.2 Å². The van der Waals surface area contributed by atoms with Crippen LogP contribution in [0.1, 0.15) is 51.6 Å². The number of aromatic nitrogens is 5. The fraction of sp³-hybridized carbons (Fsp3) is 0.417. The predicted octanol–water partition coefficient (Wildman–Crippen LogP) is 5.71. The second-order valence-electron chi connectivity index (χ2n) is 9.02. The molecule has 0 radical (unpaired) electrons. The van der Waals surface area contributed by atoms with Gasteiger partial charge in [-0.15, -0.1) is 5.10 Å². The van der Waals surface area contributed by atoms with Crippen LogP contribution < -0.4 is 5.73 Å². The van der Waals surface area contributed by atoms with Crippen LogP contribution in [0.4, 0.5) is 14.7 Å². The second-order valence-corrected chi connectivity index (χ2v) is 9.02. The van der Waals surface area contributed by atoms with Crippen LogP contribution in [0.5, 0.6) is 0 Å². The summed E-state index contributed by atoms with van der Waals surface area (Å²) in [6, 6.07) is 7.37. The first-order chi connectivity index (χ1) is 15.3. The number of anilines is 1. The Balaban J connectivity index is 0.000000260. The molecular formula is C24H28F2N6. The Bertz CT molecular complexity index is 1210. The summed E-state index contributed by atoms with van der Waals surface area (Å²) in [7, 11) is 0. The Morgan fingerprint density at radius 1 is 1.03 bits per heavy atom. The van der Waals surface area contributed by atoms with Crippen LogP contribution in [0, 0.1) is 5.41 Å². The highest BCUT2D eigenvalue weighted by Crippen LogP contribution is 2.34. The van der Waals surface area contributed by atoms with Gasteiger partial charge < -0.3 is 5.73 Å². The molecule has 5 rings (SSSR count). The molecule has 168 valence electrons. The lowest BCUT2D eigenvalue weighted by atomic mass is 9.78. The Kier molecular flexibility index (Phi) is 6.30. The van der Waals surface area contributed by atoms with E-state index in [1.807, 2.05) is 18.2 Å². The van der Waals surface area contributed by atoms with Crippen molar-refractivity contribution in [2.24, 2.45) is 5.41 Å². The molecular weight excluding hydrogens is 410 g/mol. The molecule has 1 aromatic carbocycles. The van der Waals surface area contributed by atoms with Gasteiger partial charge in [0.25, 0.3) is 0 Å². The summed E-state index contributed by atoms with van der Waals surface area (Å²) in [5.74, 6) is -0.0373. The Hall–Kier alpha value is -3.16. The molecule has 0 saturated heterocycles. The third-order valence-corrected chi connectivity index (χ3v) is 5.93. The van der Waals surface area contributed by atoms with Crippen molar-refractivity contribution in [2.75, 3.05) is 5.73 Å². The summed E-state index contributed by atoms with van der Waals surface area (Å²) < 4.78 is 27.3. The van der Waals surface area contributed by atoms with Gasteiger partial charge in [-0.1, -0.05) is 39.2 Å². The van der Waals surface area contributed by atoms with E-state index in [9.17, 15) is 8.78 Å². The van der Waals surface area contributed by atoms with Gasteiger partial charge in [-0.05, 0) is 42.0 Å². The van der Waals surface area contributed by atoms with Crippen molar-refractivity contribution in [3.05, 3.63) is 48.5 Å². The minimum absolute atomic E-state index is 0.0373. The van der Waals surface area contributed by atoms with Gasteiger partial charge >= 0.3 is 0 Å². The van der Waals surface area contributed by atoms with Crippen molar-refractivity contribution >= 4 is 22.5 Å². The normalized spacial score (nSPS) is 15.7. The van der Waals surface area contributed by atoms with Gasteiger partial charge in [-0.2, -0.15) is 0 Å². The highest BCUT2D eigenvalue weighted by molar-refractivity contribution is 5.88. The predicted molar refractivity (Wildman–Crippen MR) is 123 cm³/mol. The molecule has 0 bridgehead atoms. The summed E-state index contributed by atoms with van der Waals surface area (Å²) in [4.78, 5) is 12.5. The number of hydrogen-bond acceptors (Lipinski definition) is 5. The van der Waals surface area contributed by atoms with Crippen molar-refractivity contribution in [1.82, 2.24) is 24.6 Å². The summed E-state index contributed by atoms with van der Waals surface area (Å²) >= 11 is 0. The first kappa shape index (κ1) is 22.0. The molecule has 1 aliphatic carbocycles. The molecule has 2 N–H and O–H groups in total. The molecule has 1 fully saturated rings. The first-order valence-corrected chi connectivity index (χ1v) is 11.0. The van der Waals surface area contributed by atoms with Gasteiger partial charge in [0, 0.05) is 24.2 Å². The lowest BCUT2D eigenvalue weighted by Gasteiger charge is -2.28. The molecule has 0 spiro atoms. The van der Waals surface area contributed by atoms with Crippen molar-refractivity contribution in [2.45, 2.75) is 58.8 Å². The molecule has 0 aliphatic heterocycles. The molecule has 3 heterocycles. The number of alkyl halides is 2. The summed E-state index contributed by atoms with van der Waals surface area (Å²) in [5.41, 5.74) is 10.1. The fourth-order valence-electron chi connectivity index (χ4n) is 4.28. The third kappa shape index (κ3) is 5.00. The fourth-order valence-corrected chi connectivity index (χ4v) is 4.28. The van der Waals surface area contributed by atoms with Crippen LogP contribution in [0.2, 0.25) is 0 Å². The maximum absolute atomic E-state index is 12.9. The van der Waals surface area contributed by atoms with Gasteiger partial charge in [-0.3, -0.25) is 9.97 Å². The average molecular weight is 439 g/mol. The van der Waals surface area contributed by atoms with Crippen LogP contribution in [0.15, 0.2) is 42.9 Å². The van der Waals surface area contributed by atoms with E-state index in [1.165, 1.54) is 36.6 Å². The van der Waals surface area contributed by atoms with Crippen LogP contribution >= 0.6 is 0 Å². The van der Waals surface area contributed by atoms with Crippen LogP contribution in [0.3, 0.4) is 0 Å². The number of nitrogens with two attached hydrogens (primary N) is 1. The molecule has 0 unspecified atom stereocenters. The van der Waals surface area contributed by atoms with Crippen molar-refractivity contribution in [3.8, 4) is 11.1 Å². The number of rotatable bonds is 3. The summed E-state index contributed by atoms with van der Waals surface area (Å²) in [6.07, 6.45) is 9.21. The quantitative estimate of drug-likeness (QED) is 0.443. The van der Waals surface area contributed by atoms with Gasteiger partial charge in [-0.25, -0.2) is 18.3 Å². The van der Waals surface area contributed by atoms with E-state index in [0.29, 0.717) is 10.9 Å². The maximum Gasteiger partial charge on any atom is 0.244 e. The molecule has 6 nitrogen and oxygen atoms in total. The van der Waals surface area contributed by atoms with Crippen molar-refractivity contribution in [1.29, 1.82) is 0 Å².